The smallest absolute Gasteiger partial charge is 0.128 e. The second-order valence-electron chi connectivity index (χ2n) is 6.05. The minimum atomic E-state index is -0.0982. The summed E-state index contributed by atoms with van der Waals surface area (Å²) < 4.78 is 14.7. The van der Waals surface area contributed by atoms with Crippen LogP contribution in [0.5, 0.6) is 0 Å². The molecule has 0 saturated carbocycles. The van der Waals surface area contributed by atoms with Gasteiger partial charge in [0.25, 0.3) is 0 Å². The third-order valence-corrected chi connectivity index (χ3v) is 5.20. The summed E-state index contributed by atoms with van der Waals surface area (Å²) in [6.45, 7) is 4.12. The summed E-state index contributed by atoms with van der Waals surface area (Å²) in [5.74, 6) is 0.725. The molecule has 0 bridgehead atoms. The van der Waals surface area contributed by atoms with E-state index in [1.54, 1.807) is 6.07 Å². The number of hydrogen-bond donors (Lipinski definition) is 1. The van der Waals surface area contributed by atoms with Gasteiger partial charge in [0.1, 0.15) is 5.82 Å². The molecule has 3 rings (SSSR count). The molecule has 0 amide bonds. The van der Waals surface area contributed by atoms with Crippen LogP contribution in [0.15, 0.2) is 22.7 Å². The van der Waals surface area contributed by atoms with Crippen molar-refractivity contribution in [3.63, 3.8) is 0 Å². The molecular weight excluding hydrogens is 319 g/mol. The third-order valence-electron chi connectivity index (χ3n) is 4.71. The van der Waals surface area contributed by atoms with E-state index in [1.165, 1.54) is 32.2 Å². The molecule has 1 aromatic carbocycles. The lowest BCUT2D eigenvalue weighted by atomic mass is 9.88. The van der Waals surface area contributed by atoms with Gasteiger partial charge in [0.15, 0.2) is 0 Å². The van der Waals surface area contributed by atoms with Crippen molar-refractivity contribution in [1.82, 2.24) is 10.2 Å². The highest BCUT2D eigenvalue weighted by Crippen LogP contribution is 2.27. The van der Waals surface area contributed by atoms with Crippen molar-refractivity contribution in [1.29, 1.82) is 0 Å². The Balaban J connectivity index is 1.53. The first-order valence-corrected chi connectivity index (χ1v) is 8.41. The molecule has 0 aromatic heterocycles. The fourth-order valence-corrected chi connectivity index (χ4v) is 3.85. The van der Waals surface area contributed by atoms with E-state index in [4.69, 9.17) is 0 Å². The first-order valence-electron chi connectivity index (χ1n) is 7.62. The van der Waals surface area contributed by atoms with Crippen LogP contribution in [0.1, 0.15) is 31.2 Å². The van der Waals surface area contributed by atoms with E-state index in [2.05, 4.69) is 26.1 Å². The summed E-state index contributed by atoms with van der Waals surface area (Å²) in [6, 6.07) is 6.11. The van der Waals surface area contributed by atoms with Crippen molar-refractivity contribution < 1.29 is 4.39 Å². The van der Waals surface area contributed by atoms with Crippen LogP contribution in [0.25, 0.3) is 0 Å². The second kappa shape index (κ2) is 6.54. The van der Waals surface area contributed by atoms with Crippen molar-refractivity contribution in [3.8, 4) is 0 Å². The molecule has 2 heterocycles. The van der Waals surface area contributed by atoms with Crippen LogP contribution in [0.3, 0.4) is 0 Å². The number of halogens is 2. The molecular formula is C16H22BrFN2. The number of benzene rings is 1. The van der Waals surface area contributed by atoms with Gasteiger partial charge in [0.05, 0.1) is 0 Å². The number of nitrogens with zero attached hydrogens (tertiary/aromatic N) is 1. The average Bonchev–Trinajstić information content (AvgIpc) is 2.97. The van der Waals surface area contributed by atoms with E-state index < -0.39 is 0 Å². The molecule has 1 atom stereocenters. The molecule has 2 saturated heterocycles. The van der Waals surface area contributed by atoms with Gasteiger partial charge in [-0.15, -0.1) is 0 Å². The Labute approximate surface area is 128 Å². The predicted octanol–water partition coefficient (Wildman–Crippen LogP) is 3.55. The Kier molecular flexibility index (Phi) is 4.74. The molecule has 2 aliphatic heterocycles. The quantitative estimate of drug-likeness (QED) is 0.905. The second-order valence-corrected chi connectivity index (χ2v) is 6.97. The first-order chi connectivity index (χ1) is 9.72. The van der Waals surface area contributed by atoms with Crippen LogP contribution in [0, 0.1) is 11.7 Å². The van der Waals surface area contributed by atoms with Crippen LogP contribution in [-0.4, -0.2) is 30.6 Å². The standard InChI is InChI=1S/C16H22BrFN2/c17-14-4-3-13(15(18)10-14)11-20-8-5-12(6-9-20)16-2-1-7-19-16/h3-4,10,12,16,19H,1-2,5-9,11H2. The summed E-state index contributed by atoms with van der Waals surface area (Å²) in [5.41, 5.74) is 0.811. The Morgan fingerprint density at radius 1 is 1.25 bits per heavy atom. The van der Waals surface area contributed by atoms with E-state index in [0.29, 0.717) is 0 Å². The van der Waals surface area contributed by atoms with Crippen molar-refractivity contribution in [2.75, 3.05) is 19.6 Å². The molecule has 1 unspecified atom stereocenters. The molecule has 2 nitrogen and oxygen atoms in total. The molecule has 2 aliphatic rings. The van der Waals surface area contributed by atoms with Crippen LogP contribution in [-0.2, 0) is 6.54 Å². The molecule has 0 radical (unpaired) electrons. The lowest BCUT2D eigenvalue weighted by Gasteiger charge is -2.35. The van der Waals surface area contributed by atoms with E-state index >= 15 is 0 Å². The van der Waals surface area contributed by atoms with Gasteiger partial charge < -0.3 is 5.32 Å². The molecule has 1 aromatic rings. The minimum absolute atomic E-state index is 0.0982. The van der Waals surface area contributed by atoms with Gasteiger partial charge in [-0.1, -0.05) is 22.0 Å². The normalized spacial score (nSPS) is 25.2. The molecule has 2 fully saturated rings. The van der Waals surface area contributed by atoms with Crippen molar-refractivity contribution in [3.05, 3.63) is 34.1 Å². The summed E-state index contributed by atoms with van der Waals surface area (Å²) in [7, 11) is 0. The maximum atomic E-state index is 13.9. The fourth-order valence-electron chi connectivity index (χ4n) is 3.52. The van der Waals surface area contributed by atoms with Crippen LogP contribution in [0.4, 0.5) is 4.39 Å². The number of hydrogen-bond acceptors (Lipinski definition) is 2. The lowest BCUT2D eigenvalue weighted by molar-refractivity contribution is 0.156. The number of nitrogens with one attached hydrogen (secondary N) is 1. The molecule has 4 heteroatoms. The summed E-state index contributed by atoms with van der Waals surface area (Å²) >= 11 is 3.31. The number of rotatable bonds is 3. The topological polar surface area (TPSA) is 15.3 Å². The van der Waals surface area contributed by atoms with Gasteiger partial charge in [0, 0.05) is 22.6 Å². The van der Waals surface area contributed by atoms with Gasteiger partial charge >= 0.3 is 0 Å². The Morgan fingerprint density at radius 3 is 2.70 bits per heavy atom. The van der Waals surface area contributed by atoms with E-state index in [-0.39, 0.29) is 5.82 Å². The average molecular weight is 341 g/mol. The monoisotopic (exact) mass is 340 g/mol. The van der Waals surface area contributed by atoms with Gasteiger partial charge in [0.2, 0.25) is 0 Å². The van der Waals surface area contributed by atoms with Crippen molar-refractivity contribution in [2.45, 2.75) is 38.3 Å². The van der Waals surface area contributed by atoms with Gasteiger partial charge in [-0.05, 0) is 63.4 Å². The van der Waals surface area contributed by atoms with Crippen molar-refractivity contribution >= 4 is 15.9 Å². The highest BCUT2D eigenvalue weighted by molar-refractivity contribution is 9.10. The molecule has 0 spiro atoms. The third kappa shape index (κ3) is 3.41. The SMILES string of the molecule is Fc1cc(Br)ccc1CN1CCC(C2CCCN2)CC1. The van der Waals surface area contributed by atoms with Gasteiger partial charge in [-0.25, -0.2) is 4.39 Å². The summed E-state index contributed by atoms with van der Waals surface area (Å²) in [6.07, 6.45) is 5.16. The molecule has 1 N–H and O–H groups in total. The van der Waals surface area contributed by atoms with E-state index in [0.717, 1.165) is 41.6 Å². The maximum absolute atomic E-state index is 13.9. The van der Waals surface area contributed by atoms with Crippen LogP contribution < -0.4 is 5.32 Å². The largest absolute Gasteiger partial charge is 0.314 e. The minimum Gasteiger partial charge on any atom is -0.314 e. The van der Waals surface area contributed by atoms with E-state index in [9.17, 15) is 4.39 Å². The summed E-state index contributed by atoms with van der Waals surface area (Å²) in [4.78, 5) is 2.39. The Hall–Kier alpha value is -0.450. The summed E-state index contributed by atoms with van der Waals surface area (Å²) in [5, 5.41) is 3.62. The van der Waals surface area contributed by atoms with Crippen molar-refractivity contribution in [2.24, 2.45) is 5.92 Å². The van der Waals surface area contributed by atoms with Gasteiger partial charge in [-0.3, -0.25) is 4.90 Å². The predicted molar refractivity (Wildman–Crippen MR) is 83.1 cm³/mol. The highest BCUT2D eigenvalue weighted by atomic mass is 79.9. The van der Waals surface area contributed by atoms with Gasteiger partial charge in [-0.2, -0.15) is 0 Å². The Morgan fingerprint density at radius 2 is 2.05 bits per heavy atom. The zero-order valence-electron chi connectivity index (χ0n) is 11.7. The van der Waals surface area contributed by atoms with Crippen LogP contribution >= 0.6 is 15.9 Å². The molecule has 20 heavy (non-hydrogen) atoms. The Bertz CT molecular complexity index is 452. The lowest BCUT2D eigenvalue weighted by Crippen LogP contribution is -2.40. The first kappa shape index (κ1) is 14.5. The highest BCUT2D eigenvalue weighted by Gasteiger charge is 2.28. The van der Waals surface area contributed by atoms with Crippen LogP contribution in [0.2, 0.25) is 0 Å². The molecule has 110 valence electrons. The van der Waals surface area contributed by atoms with E-state index in [1.807, 2.05) is 12.1 Å². The number of piperidine rings is 1. The zero-order valence-corrected chi connectivity index (χ0v) is 13.3. The maximum Gasteiger partial charge on any atom is 0.128 e. The fraction of sp³-hybridized carbons (Fsp3) is 0.625. The number of likely N-dealkylation sites (tertiary alicyclic amines) is 1. The zero-order chi connectivity index (χ0) is 13.9. The molecule has 0 aliphatic carbocycles.